The van der Waals surface area contributed by atoms with Crippen LogP contribution in [0.15, 0.2) is 0 Å². The lowest BCUT2D eigenvalue weighted by Gasteiger charge is -2.08. The van der Waals surface area contributed by atoms with E-state index >= 15 is 0 Å². The van der Waals surface area contributed by atoms with Crippen LogP contribution in [0.3, 0.4) is 0 Å². The van der Waals surface area contributed by atoms with E-state index in [-0.39, 0.29) is 11.9 Å². The van der Waals surface area contributed by atoms with Crippen molar-refractivity contribution in [2.24, 2.45) is 0 Å². The Kier molecular flexibility index (Phi) is 22.3. The summed E-state index contributed by atoms with van der Waals surface area (Å²) in [5.74, 6) is -0.407. The summed E-state index contributed by atoms with van der Waals surface area (Å²) in [5.41, 5.74) is 0. The number of rotatable bonds is 7. The summed E-state index contributed by atoms with van der Waals surface area (Å²) in [5, 5.41) is 0. The second kappa shape index (κ2) is 18.9. The van der Waals surface area contributed by atoms with Gasteiger partial charge in [-0.25, -0.2) is 0 Å². The van der Waals surface area contributed by atoms with Gasteiger partial charge in [0.1, 0.15) is 6.61 Å². The molecule has 0 aliphatic rings. The van der Waals surface area contributed by atoms with Crippen molar-refractivity contribution in [3.05, 3.63) is 0 Å². The predicted octanol–water partition coefficient (Wildman–Crippen LogP) is 1.64. The summed E-state index contributed by atoms with van der Waals surface area (Å²) < 4.78 is 9.40. The lowest BCUT2D eigenvalue weighted by Crippen LogP contribution is -2.19. The average molecular weight is 306 g/mol. The van der Waals surface area contributed by atoms with Crippen molar-refractivity contribution in [3.63, 3.8) is 0 Å². The fourth-order valence-corrected chi connectivity index (χ4v) is 0.969. The van der Waals surface area contributed by atoms with Crippen molar-refractivity contribution < 1.29 is 19.1 Å². The molecule has 6 heteroatoms. The van der Waals surface area contributed by atoms with Crippen LogP contribution in [0.1, 0.15) is 34.1 Å². The third-order valence-electron chi connectivity index (χ3n) is 1.90. The SMILES string of the molecule is CC.CC(=O)OCCCN(C)C.CC(=O)OCCN(C)C. The highest BCUT2D eigenvalue weighted by Crippen LogP contribution is 1.85. The molecule has 0 rings (SSSR count). The second-order valence-electron chi connectivity index (χ2n) is 4.64. The molecule has 0 radical (unpaired) electrons. The molecule has 0 aromatic heterocycles. The Morgan fingerprint density at radius 2 is 1.14 bits per heavy atom. The fourth-order valence-electron chi connectivity index (χ4n) is 0.969. The first-order valence-corrected chi connectivity index (χ1v) is 7.32. The molecule has 0 aromatic carbocycles. The smallest absolute Gasteiger partial charge is 0.302 e. The first kappa shape index (κ1) is 24.9. The highest BCUT2D eigenvalue weighted by atomic mass is 16.5. The van der Waals surface area contributed by atoms with Crippen molar-refractivity contribution in [3.8, 4) is 0 Å². The quantitative estimate of drug-likeness (QED) is 0.526. The Labute approximate surface area is 130 Å². The minimum absolute atomic E-state index is 0.196. The standard InChI is InChI=1S/C7H15NO2.C6H13NO2.C2H6/c1-7(9)10-6-4-5-8(2)3;1-6(8)9-5-4-7(2)3;1-2/h4-6H2,1-3H3;4-5H2,1-3H3;1-2H3. The number of hydrogen-bond donors (Lipinski definition) is 0. The third-order valence-corrected chi connectivity index (χ3v) is 1.90. The Balaban J connectivity index is -0.000000277. The largest absolute Gasteiger partial charge is 0.466 e. The van der Waals surface area contributed by atoms with Crippen LogP contribution < -0.4 is 0 Å². The highest BCUT2D eigenvalue weighted by Gasteiger charge is 1.93. The van der Waals surface area contributed by atoms with Crippen LogP contribution in [0.5, 0.6) is 0 Å². The van der Waals surface area contributed by atoms with E-state index in [4.69, 9.17) is 4.74 Å². The molecule has 0 aromatic rings. The van der Waals surface area contributed by atoms with Gasteiger partial charge >= 0.3 is 11.9 Å². The van der Waals surface area contributed by atoms with Crippen LogP contribution in [-0.4, -0.2) is 76.2 Å². The number of carbonyl (C=O) groups is 2. The van der Waals surface area contributed by atoms with Gasteiger partial charge in [-0.05, 0) is 34.6 Å². The van der Waals surface area contributed by atoms with E-state index in [0.717, 1.165) is 19.5 Å². The lowest BCUT2D eigenvalue weighted by molar-refractivity contribution is -0.142. The molecule has 0 aliphatic heterocycles. The van der Waals surface area contributed by atoms with Gasteiger partial charge in [0.05, 0.1) is 6.61 Å². The third kappa shape index (κ3) is 38.1. The van der Waals surface area contributed by atoms with E-state index in [9.17, 15) is 9.59 Å². The van der Waals surface area contributed by atoms with E-state index in [2.05, 4.69) is 9.64 Å². The van der Waals surface area contributed by atoms with Gasteiger partial charge in [0, 0.05) is 26.9 Å². The van der Waals surface area contributed by atoms with Gasteiger partial charge < -0.3 is 19.3 Å². The average Bonchev–Trinajstić information content (AvgIpc) is 2.36. The highest BCUT2D eigenvalue weighted by molar-refractivity contribution is 5.66. The van der Waals surface area contributed by atoms with Gasteiger partial charge in [-0.1, -0.05) is 13.8 Å². The molecule has 0 saturated carbocycles. The van der Waals surface area contributed by atoms with Gasteiger partial charge in [0.15, 0.2) is 0 Å². The maximum absolute atomic E-state index is 10.3. The lowest BCUT2D eigenvalue weighted by atomic mass is 10.4. The molecule has 0 spiro atoms. The molecule has 0 aliphatic carbocycles. The Morgan fingerprint density at radius 3 is 1.48 bits per heavy atom. The molecule has 0 saturated heterocycles. The number of hydrogen-bond acceptors (Lipinski definition) is 6. The monoisotopic (exact) mass is 306 g/mol. The molecule has 0 bridgehead atoms. The summed E-state index contributed by atoms with van der Waals surface area (Å²) in [7, 11) is 7.86. The zero-order valence-corrected chi connectivity index (χ0v) is 15.1. The van der Waals surface area contributed by atoms with Crippen molar-refractivity contribution >= 4 is 11.9 Å². The van der Waals surface area contributed by atoms with Crippen LogP contribution in [-0.2, 0) is 19.1 Å². The minimum atomic E-state index is -0.211. The molecular formula is C15H34N2O4. The van der Waals surface area contributed by atoms with Crippen molar-refractivity contribution in [2.75, 3.05) is 54.5 Å². The zero-order valence-electron chi connectivity index (χ0n) is 15.1. The second-order valence-corrected chi connectivity index (χ2v) is 4.64. The van der Waals surface area contributed by atoms with E-state index in [1.807, 2.05) is 46.9 Å². The summed E-state index contributed by atoms with van der Waals surface area (Å²) >= 11 is 0. The number of likely N-dealkylation sites (N-methyl/N-ethyl adjacent to an activating group) is 1. The number of carbonyl (C=O) groups excluding carboxylic acids is 2. The van der Waals surface area contributed by atoms with Gasteiger partial charge in [-0.2, -0.15) is 0 Å². The van der Waals surface area contributed by atoms with E-state index in [0.29, 0.717) is 13.2 Å². The van der Waals surface area contributed by atoms with Crippen molar-refractivity contribution in [2.45, 2.75) is 34.1 Å². The van der Waals surface area contributed by atoms with Crippen LogP contribution in [0.2, 0.25) is 0 Å². The maximum atomic E-state index is 10.3. The van der Waals surface area contributed by atoms with E-state index in [1.54, 1.807) is 0 Å². The predicted molar refractivity (Wildman–Crippen MR) is 86.3 cm³/mol. The van der Waals surface area contributed by atoms with Gasteiger partial charge in [-0.3, -0.25) is 9.59 Å². The van der Waals surface area contributed by atoms with Gasteiger partial charge in [0.25, 0.3) is 0 Å². The molecule has 21 heavy (non-hydrogen) atoms. The van der Waals surface area contributed by atoms with E-state index in [1.165, 1.54) is 13.8 Å². The fraction of sp³-hybridized carbons (Fsp3) is 0.867. The van der Waals surface area contributed by atoms with Crippen LogP contribution >= 0.6 is 0 Å². The molecule has 0 N–H and O–H groups in total. The Morgan fingerprint density at radius 1 is 0.762 bits per heavy atom. The van der Waals surface area contributed by atoms with Gasteiger partial charge in [-0.15, -0.1) is 0 Å². The summed E-state index contributed by atoms with van der Waals surface area (Å²) in [6, 6.07) is 0. The molecule has 0 amide bonds. The van der Waals surface area contributed by atoms with Gasteiger partial charge in [0.2, 0.25) is 0 Å². The van der Waals surface area contributed by atoms with Crippen molar-refractivity contribution in [1.82, 2.24) is 9.80 Å². The Hall–Kier alpha value is -1.14. The molecular weight excluding hydrogens is 272 g/mol. The summed E-state index contributed by atoms with van der Waals surface area (Å²) in [6.07, 6.45) is 0.909. The first-order chi connectivity index (χ1) is 9.75. The molecule has 0 heterocycles. The molecule has 6 nitrogen and oxygen atoms in total. The van der Waals surface area contributed by atoms with E-state index < -0.39 is 0 Å². The minimum Gasteiger partial charge on any atom is -0.466 e. The topological polar surface area (TPSA) is 59.1 Å². The van der Waals surface area contributed by atoms with Crippen LogP contribution in [0.4, 0.5) is 0 Å². The maximum Gasteiger partial charge on any atom is 0.302 e. The summed E-state index contributed by atoms with van der Waals surface area (Å²) in [6.45, 7) is 9.62. The molecule has 128 valence electrons. The molecule has 0 unspecified atom stereocenters. The number of esters is 2. The van der Waals surface area contributed by atoms with Crippen LogP contribution in [0, 0.1) is 0 Å². The number of nitrogens with zero attached hydrogens (tertiary/aromatic N) is 2. The normalized spacial score (nSPS) is 9.24. The zero-order chi connectivity index (χ0) is 17.3. The van der Waals surface area contributed by atoms with Crippen molar-refractivity contribution in [1.29, 1.82) is 0 Å². The molecule has 0 atom stereocenters. The Bertz CT molecular complexity index is 244. The van der Waals surface area contributed by atoms with Crippen LogP contribution in [0.25, 0.3) is 0 Å². The first-order valence-electron chi connectivity index (χ1n) is 7.32. The summed E-state index contributed by atoms with van der Waals surface area (Å²) in [4.78, 5) is 24.5. The number of ether oxygens (including phenoxy) is 2. The molecule has 0 fully saturated rings.